The van der Waals surface area contributed by atoms with Gasteiger partial charge in [0.05, 0.1) is 6.04 Å². The molecule has 0 fully saturated rings. The molecule has 0 aromatic heterocycles. The predicted molar refractivity (Wildman–Crippen MR) is 47.5 cm³/mol. The first-order chi connectivity index (χ1) is 5.72. The summed E-state index contributed by atoms with van der Waals surface area (Å²) in [6.07, 6.45) is 1.41. The Morgan fingerprint density at radius 2 is 2.17 bits per heavy atom. The van der Waals surface area contributed by atoms with Crippen LogP contribution in [0.2, 0.25) is 0 Å². The monoisotopic (exact) mass is 177 g/mol. The Morgan fingerprint density at radius 1 is 1.50 bits per heavy atom. The van der Waals surface area contributed by atoms with Gasteiger partial charge in [0, 0.05) is 0 Å². The molecule has 1 N–H and O–H groups in total. The van der Waals surface area contributed by atoms with Crippen molar-refractivity contribution in [1.82, 2.24) is 5.32 Å². The zero-order valence-corrected chi connectivity index (χ0v) is 7.52. The average Bonchev–Trinajstić information content (AvgIpc) is 2.04. The Bertz CT molecular complexity index is 115. The predicted octanol–water partition coefficient (Wildman–Crippen LogP) is 2.59. The third-order valence-corrected chi connectivity index (χ3v) is 1.64. The molecule has 3 heteroatoms. The van der Waals surface area contributed by atoms with E-state index in [9.17, 15) is 8.78 Å². The van der Waals surface area contributed by atoms with Gasteiger partial charge in [0.1, 0.15) is 0 Å². The number of allylic oxidation sites excluding steroid dienone is 1. The van der Waals surface area contributed by atoms with Gasteiger partial charge in [-0.3, -0.25) is 0 Å². The maximum Gasteiger partial charge on any atom is 0.253 e. The van der Waals surface area contributed by atoms with Crippen LogP contribution in [0.15, 0.2) is 12.7 Å². The Labute approximate surface area is 72.9 Å². The summed E-state index contributed by atoms with van der Waals surface area (Å²) >= 11 is 0. The zero-order chi connectivity index (χ0) is 9.40. The minimum absolute atomic E-state index is 0.473. The molecular weight excluding hydrogens is 160 g/mol. The van der Waals surface area contributed by atoms with Crippen LogP contribution in [0.1, 0.15) is 26.2 Å². The van der Waals surface area contributed by atoms with Gasteiger partial charge in [-0.1, -0.05) is 13.0 Å². The van der Waals surface area contributed by atoms with E-state index >= 15 is 0 Å². The fourth-order valence-electron chi connectivity index (χ4n) is 0.944. The van der Waals surface area contributed by atoms with Crippen molar-refractivity contribution in [2.75, 3.05) is 6.54 Å². The van der Waals surface area contributed by atoms with Crippen molar-refractivity contribution in [1.29, 1.82) is 0 Å². The van der Waals surface area contributed by atoms with E-state index in [1.165, 1.54) is 0 Å². The van der Waals surface area contributed by atoms with Crippen LogP contribution in [0.4, 0.5) is 8.78 Å². The van der Waals surface area contributed by atoms with Gasteiger partial charge >= 0.3 is 0 Å². The van der Waals surface area contributed by atoms with Crippen LogP contribution in [0.5, 0.6) is 0 Å². The molecule has 0 aromatic carbocycles. The molecule has 0 aromatic rings. The van der Waals surface area contributed by atoms with E-state index in [0.29, 0.717) is 19.4 Å². The molecule has 0 aliphatic rings. The molecule has 0 rings (SSSR count). The molecule has 0 amide bonds. The topological polar surface area (TPSA) is 12.0 Å². The van der Waals surface area contributed by atoms with Crippen LogP contribution >= 0.6 is 0 Å². The lowest BCUT2D eigenvalue weighted by molar-refractivity contribution is 0.0947. The largest absolute Gasteiger partial charge is 0.309 e. The highest BCUT2D eigenvalue weighted by Crippen LogP contribution is 2.07. The summed E-state index contributed by atoms with van der Waals surface area (Å²) < 4.78 is 24.5. The summed E-state index contributed by atoms with van der Waals surface area (Å²) in [6, 6.07) is -0.664. The molecule has 0 spiro atoms. The van der Waals surface area contributed by atoms with E-state index in [2.05, 4.69) is 11.9 Å². The van der Waals surface area contributed by atoms with E-state index in [0.717, 1.165) is 6.42 Å². The van der Waals surface area contributed by atoms with Gasteiger partial charge in [-0.05, 0) is 25.8 Å². The van der Waals surface area contributed by atoms with Crippen molar-refractivity contribution in [3.63, 3.8) is 0 Å². The summed E-state index contributed by atoms with van der Waals surface area (Å²) in [4.78, 5) is 0. The fourth-order valence-corrected chi connectivity index (χ4v) is 0.944. The SMILES string of the molecule is C=CCCC(NCCC)C(F)F. The molecule has 0 bridgehead atoms. The third-order valence-electron chi connectivity index (χ3n) is 1.64. The van der Waals surface area contributed by atoms with Crippen LogP contribution in [-0.4, -0.2) is 19.0 Å². The number of hydrogen-bond acceptors (Lipinski definition) is 1. The van der Waals surface area contributed by atoms with Crippen molar-refractivity contribution in [3.05, 3.63) is 12.7 Å². The molecule has 0 radical (unpaired) electrons. The average molecular weight is 177 g/mol. The lowest BCUT2D eigenvalue weighted by Crippen LogP contribution is -2.35. The third kappa shape index (κ3) is 5.24. The maximum absolute atomic E-state index is 12.2. The molecule has 1 atom stereocenters. The first kappa shape index (κ1) is 11.6. The van der Waals surface area contributed by atoms with E-state index < -0.39 is 12.5 Å². The summed E-state index contributed by atoms with van der Waals surface area (Å²) in [7, 11) is 0. The second kappa shape index (κ2) is 7.22. The van der Waals surface area contributed by atoms with Gasteiger partial charge in [-0.15, -0.1) is 6.58 Å². The van der Waals surface area contributed by atoms with Gasteiger partial charge in [0.25, 0.3) is 6.43 Å². The van der Waals surface area contributed by atoms with Crippen molar-refractivity contribution < 1.29 is 8.78 Å². The van der Waals surface area contributed by atoms with Crippen molar-refractivity contribution >= 4 is 0 Å². The molecule has 0 heterocycles. The van der Waals surface area contributed by atoms with Crippen molar-refractivity contribution in [2.45, 2.75) is 38.7 Å². The smallest absolute Gasteiger partial charge is 0.253 e. The Kier molecular flexibility index (Phi) is 6.96. The molecule has 0 aliphatic carbocycles. The molecule has 0 saturated heterocycles. The van der Waals surface area contributed by atoms with Crippen molar-refractivity contribution in [2.24, 2.45) is 0 Å². The van der Waals surface area contributed by atoms with Gasteiger partial charge in [-0.25, -0.2) is 8.78 Å². The number of hydrogen-bond donors (Lipinski definition) is 1. The molecule has 0 aliphatic heterocycles. The molecule has 72 valence electrons. The second-order valence-electron chi connectivity index (χ2n) is 2.76. The molecule has 12 heavy (non-hydrogen) atoms. The Hall–Kier alpha value is -0.440. The molecule has 1 unspecified atom stereocenters. The number of rotatable bonds is 7. The minimum Gasteiger partial charge on any atom is -0.309 e. The Morgan fingerprint density at radius 3 is 2.58 bits per heavy atom. The zero-order valence-electron chi connectivity index (χ0n) is 7.52. The van der Waals surface area contributed by atoms with Gasteiger partial charge in [0.15, 0.2) is 0 Å². The van der Waals surface area contributed by atoms with Crippen LogP contribution < -0.4 is 5.32 Å². The minimum atomic E-state index is -2.27. The highest BCUT2D eigenvalue weighted by Gasteiger charge is 2.17. The highest BCUT2D eigenvalue weighted by molar-refractivity contribution is 4.75. The van der Waals surface area contributed by atoms with E-state index in [1.807, 2.05) is 6.92 Å². The van der Waals surface area contributed by atoms with Crippen LogP contribution in [0, 0.1) is 0 Å². The standard InChI is InChI=1S/C9H17F2N/c1-3-5-6-8(9(10)11)12-7-4-2/h3,8-9,12H,1,4-7H2,2H3. The Balaban J connectivity index is 3.61. The van der Waals surface area contributed by atoms with Crippen LogP contribution in [0.25, 0.3) is 0 Å². The summed E-state index contributed by atoms with van der Waals surface area (Å²) in [5.41, 5.74) is 0. The van der Waals surface area contributed by atoms with Crippen LogP contribution in [-0.2, 0) is 0 Å². The van der Waals surface area contributed by atoms with Crippen molar-refractivity contribution in [3.8, 4) is 0 Å². The number of halogens is 2. The number of nitrogens with one attached hydrogen (secondary N) is 1. The molecule has 1 nitrogen and oxygen atoms in total. The second-order valence-corrected chi connectivity index (χ2v) is 2.76. The van der Waals surface area contributed by atoms with Gasteiger partial charge < -0.3 is 5.32 Å². The fraction of sp³-hybridized carbons (Fsp3) is 0.778. The first-order valence-corrected chi connectivity index (χ1v) is 4.34. The summed E-state index contributed by atoms with van der Waals surface area (Å²) in [6.45, 7) is 6.12. The van der Waals surface area contributed by atoms with E-state index in [4.69, 9.17) is 0 Å². The van der Waals surface area contributed by atoms with E-state index in [-0.39, 0.29) is 0 Å². The summed E-state index contributed by atoms with van der Waals surface area (Å²) in [5.74, 6) is 0. The summed E-state index contributed by atoms with van der Waals surface area (Å²) in [5, 5.41) is 2.81. The first-order valence-electron chi connectivity index (χ1n) is 4.34. The van der Waals surface area contributed by atoms with E-state index in [1.54, 1.807) is 6.08 Å². The highest BCUT2D eigenvalue weighted by atomic mass is 19.3. The lowest BCUT2D eigenvalue weighted by Gasteiger charge is -2.16. The quantitative estimate of drug-likeness (QED) is 0.589. The lowest BCUT2D eigenvalue weighted by atomic mass is 10.1. The van der Waals surface area contributed by atoms with Crippen LogP contribution in [0.3, 0.4) is 0 Å². The van der Waals surface area contributed by atoms with Gasteiger partial charge in [0.2, 0.25) is 0 Å². The normalized spacial score (nSPS) is 13.3. The maximum atomic E-state index is 12.2. The molecule has 0 saturated carbocycles. The van der Waals surface area contributed by atoms with Gasteiger partial charge in [-0.2, -0.15) is 0 Å². The number of alkyl halides is 2. The molecular formula is C9H17F2N.